The first kappa shape index (κ1) is 22.8. The summed E-state index contributed by atoms with van der Waals surface area (Å²) in [6.45, 7) is 1.97. The summed E-state index contributed by atoms with van der Waals surface area (Å²) in [5.41, 5.74) is 1.81. The van der Waals surface area contributed by atoms with Crippen LogP contribution in [0.1, 0.15) is 18.4 Å². The number of nitrogens with zero attached hydrogens (tertiary/aromatic N) is 1. The Morgan fingerprint density at radius 3 is 2.48 bits per heavy atom. The molecule has 2 aromatic carbocycles. The Bertz CT molecular complexity index is 979. The minimum absolute atomic E-state index is 0.140. The van der Waals surface area contributed by atoms with Crippen molar-refractivity contribution in [1.29, 1.82) is 0 Å². The summed E-state index contributed by atoms with van der Waals surface area (Å²) < 4.78 is 36.2. The lowest BCUT2D eigenvalue weighted by Gasteiger charge is -2.24. The first-order valence-electron chi connectivity index (χ1n) is 8.91. The number of ether oxygens (including phenoxy) is 2. The standard InChI is InChI=1S/C20H25ClN2O5S/c1-14-7-8-15(21)12-18(14)23(29(4,25)26)11-5-6-20(24)22-17-10-9-16(27-2)13-19(17)28-3/h7-10,12-13H,5-6,11H2,1-4H3,(H,22,24). The molecule has 0 bridgehead atoms. The van der Waals surface area contributed by atoms with Gasteiger partial charge in [0.2, 0.25) is 15.9 Å². The zero-order chi connectivity index (χ0) is 21.6. The third kappa shape index (κ3) is 6.27. The van der Waals surface area contributed by atoms with Crippen molar-refractivity contribution in [2.75, 3.05) is 36.6 Å². The molecular weight excluding hydrogens is 416 g/mol. The molecule has 0 saturated heterocycles. The Morgan fingerprint density at radius 1 is 1.14 bits per heavy atom. The van der Waals surface area contributed by atoms with E-state index in [0.717, 1.165) is 11.8 Å². The maximum Gasteiger partial charge on any atom is 0.232 e. The molecule has 2 rings (SSSR count). The van der Waals surface area contributed by atoms with Crippen LogP contribution in [0.2, 0.25) is 5.02 Å². The number of nitrogens with one attached hydrogen (secondary N) is 1. The monoisotopic (exact) mass is 440 g/mol. The number of carbonyl (C=O) groups excluding carboxylic acids is 1. The minimum atomic E-state index is -3.52. The molecule has 2 aromatic rings. The highest BCUT2D eigenvalue weighted by Crippen LogP contribution is 2.29. The molecule has 0 aromatic heterocycles. The van der Waals surface area contributed by atoms with E-state index in [2.05, 4.69) is 5.32 Å². The fourth-order valence-corrected chi connectivity index (χ4v) is 3.99. The summed E-state index contributed by atoms with van der Waals surface area (Å²) >= 11 is 6.03. The summed E-state index contributed by atoms with van der Waals surface area (Å²) in [5.74, 6) is 0.843. The molecule has 0 radical (unpaired) electrons. The van der Waals surface area contributed by atoms with Crippen LogP contribution in [0, 0.1) is 6.92 Å². The number of anilines is 2. The second-order valence-electron chi connectivity index (χ2n) is 6.48. The van der Waals surface area contributed by atoms with Gasteiger partial charge in [-0.1, -0.05) is 17.7 Å². The SMILES string of the molecule is COc1ccc(NC(=O)CCCN(c2cc(Cl)ccc2C)S(C)(=O)=O)c(OC)c1. The van der Waals surface area contributed by atoms with E-state index in [1.807, 2.05) is 6.92 Å². The molecule has 0 fully saturated rings. The quantitative estimate of drug-likeness (QED) is 0.640. The van der Waals surface area contributed by atoms with E-state index < -0.39 is 10.0 Å². The lowest BCUT2D eigenvalue weighted by Crippen LogP contribution is -2.32. The molecule has 0 aliphatic carbocycles. The first-order chi connectivity index (χ1) is 13.7. The summed E-state index contributed by atoms with van der Waals surface area (Å²) in [4.78, 5) is 12.3. The fraction of sp³-hybridized carbons (Fsp3) is 0.350. The van der Waals surface area contributed by atoms with Crippen LogP contribution in [-0.4, -0.2) is 41.3 Å². The van der Waals surface area contributed by atoms with E-state index in [-0.39, 0.29) is 18.9 Å². The fourth-order valence-electron chi connectivity index (χ4n) is 2.81. The van der Waals surface area contributed by atoms with Crippen molar-refractivity contribution in [2.45, 2.75) is 19.8 Å². The summed E-state index contributed by atoms with van der Waals surface area (Å²) in [6, 6.07) is 10.2. The smallest absolute Gasteiger partial charge is 0.232 e. The normalized spacial score (nSPS) is 11.1. The molecule has 9 heteroatoms. The van der Waals surface area contributed by atoms with Gasteiger partial charge in [-0.25, -0.2) is 8.42 Å². The highest BCUT2D eigenvalue weighted by molar-refractivity contribution is 7.92. The van der Waals surface area contributed by atoms with Gasteiger partial charge in [0.1, 0.15) is 11.5 Å². The van der Waals surface area contributed by atoms with Gasteiger partial charge in [-0.15, -0.1) is 0 Å². The van der Waals surface area contributed by atoms with Gasteiger partial charge in [0.25, 0.3) is 0 Å². The second kappa shape index (κ2) is 9.84. The van der Waals surface area contributed by atoms with E-state index in [9.17, 15) is 13.2 Å². The summed E-state index contributed by atoms with van der Waals surface area (Å²) in [7, 11) is -0.478. The molecule has 0 heterocycles. The molecule has 0 spiro atoms. The molecule has 0 aliphatic heterocycles. The number of amides is 1. The number of rotatable bonds is 9. The molecule has 29 heavy (non-hydrogen) atoms. The highest BCUT2D eigenvalue weighted by atomic mass is 35.5. The van der Waals surface area contributed by atoms with Crippen LogP contribution in [0.5, 0.6) is 11.5 Å². The van der Waals surface area contributed by atoms with Crippen LogP contribution >= 0.6 is 11.6 Å². The van der Waals surface area contributed by atoms with Gasteiger partial charge in [-0.2, -0.15) is 0 Å². The van der Waals surface area contributed by atoms with Gasteiger partial charge < -0.3 is 14.8 Å². The van der Waals surface area contributed by atoms with Crippen molar-refractivity contribution in [3.05, 3.63) is 47.0 Å². The number of carbonyl (C=O) groups is 1. The number of benzene rings is 2. The van der Waals surface area contributed by atoms with E-state index >= 15 is 0 Å². The first-order valence-corrected chi connectivity index (χ1v) is 11.1. The molecule has 0 unspecified atom stereocenters. The van der Waals surface area contributed by atoms with Crippen molar-refractivity contribution in [2.24, 2.45) is 0 Å². The topological polar surface area (TPSA) is 84.9 Å². The van der Waals surface area contributed by atoms with Gasteiger partial charge in [0.05, 0.1) is 31.9 Å². The Balaban J connectivity index is 2.05. The zero-order valence-corrected chi connectivity index (χ0v) is 18.4. The average Bonchev–Trinajstić information content (AvgIpc) is 2.66. The van der Waals surface area contributed by atoms with Crippen molar-refractivity contribution in [1.82, 2.24) is 0 Å². The highest BCUT2D eigenvalue weighted by Gasteiger charge is 2.20. The van der Waals surface area contributed by atoms with Crippen LogP contribution in [0.3, 0.4) is 0 Å². The van der Waals surface area contributed by atoms with Crippen molar-refractivity contribution < 1.29 is 22.7 Å². The molecule has 1 N–H and O–H groups in total. The maximum atomic E-state index is 12.3. The third-order valence-corrected chi connectivity index (χ3v) is 5.70. The number of halogens is 1. The average molecular weight is 441 g/mol. The van der Waals surface area contributed by atoms with E-state index in [1.165, 1.54) is 11.4 Å². The van der Waals surface area contributed by atoms with Crippen molar-refractivity contribution >= 4 is 38.9 Å². The number of sulfonamides is 1. The van der Waals surface area contributed by atoms with E-state index in [4.69, 9.17) is 21.1 Å². The predicted octanol–water partition coefficient (Wildman–Crippen LogP) is 3.85. The maximum absolute atomic E-state index is 12.3. The van der Waals surface area contributed by atoms with Crippen LogP contribution in [-0.2, 0) is 14.8 Å². The molecule has 0 aliphatic rings. The van der Waals surface area contributed by atoms with Crippen LogP contribution in [0.25, 0.3) is 0 Å². The van der Waals surface area contributed by atoms with Crippen LogP contribution < -0.4 is 19.1 Å². The second-order valence-corrected chi connectivity index (χ2v) is 8.83. The summed E-state index contributed by atoms with van der Waals surface area (Å²) in [6.07, 6.45) is 1.61. The molecule has 158 valence electrons. The molecule has 0 saturated carbocycles. The lowest BCUT2D eigenvalue weighted by atomic mass is 10.2. The van der Waals surface area contributed by atoms with E-state index in [1.54, 1.807) is 43.5 Å². The Kier molecular flexibility index (Phi) is 7.75. The van der Waals surface area contributed by atoms with E-state index in [0.29, 0.717) is 34.3 Å². The number of hydrogen-bond donors (Lipinski definition) is 1. The Labute approximate surface area is 176 Å². The minimum Gasteiger partial charge on any atom is -0.497 e. The zero-order valence-electron chi connectivity index (χ0n) is 16.9. The van der Waals surface area contributed by atoms with Gasteiger partial charge in [0, 0.05) is 24.1 Å². The van der Waals surface area contributed by atoms with Crippen LogP contribution in [0.15, 0.2) is 36.4 Å². The van der Waals surface area contributed by atoms with Crippen LogP contribution in [0.4, 0.5) is 11.4 Å². The molecule has 7 nitrogen and oxygen atoms in total. The molecular formula is C20H25ClN2O5S. The van der Waals surface area contributed by atoms with Gasteiger partial charge in [-0.3, -0.25) is 9.10 Å². The summed E-state index contributed by atoms with van der Waals surface area (Å²) in [5, 5.41) is 3.22. The number of methoxy groups -OCH3 is 2. The molecule has 0 atom stereocenters. The Hall–Kier alpha value is -2.45. The Morgan fingerprint density at radius 2 is 1.86 bits per heavy atom. The molecule has 1 amide bonds. The van der Waals surface area contributed by atoms with Gasteiger partial charge in [-0.05, 0) is 43.2 Å². The lowest BCUT2D eigenvalue weighted by molar-refractivity contribution is -0.116. The predicted molar refractivity (Wildman–Crippen MR) is 116 cm³/mol. The van der Waals surface area contributed by atoms with Crippen molar-refractivity contribution in [3.63, 3.8) is 0 Å². The van der Waals surface area contributed by atoms with Gasteiger partial charge >= 0.3 is 0 Å². The number of hydrogen-bond acceptors (Lipinski definition) is 5. The third-order valence-electron chi connectivity index (χ3n) is 4.29. The van der Waals surface area contributed by atoms with Gasteiger partial charge in [0.15, 0.2) is 0 Å². The largest absolute Gasteiger partial charge is 0.497 e. The van der Waals surface area contributed by atoms with Crippen molar-refractivity contribution in [3.8, 4) is 11.5 Å². The number of aryl methyl sites for hydroxylation is 1.